The van der Waals surface area contributed by atoms with Crippen LogP contribution in [0.25, 0.3) is 0 Å². The van der Waals surface area contributed by atoms with Crippen LogP contribution in [0.4, 0.5) is 5.00 Å². The van der Waals surface area contributed by atoms with Gasteiger partial charge in [-0.1, -0.05) is 35.6 Å². The zero-order valence-electron chi connectivity index (χ0n) is 10.7. The highest BCUT2D eigenvalue weighted by atomic mass is 32.1. The molecule has 2 aromatic rings. The Balaban J connectivity index is 1.93. The van der Waals surface area contributed by atoms with E-state index in [4.69, 9.17) is 0 Å². The maximum atomic E-state index is 12.6. The molecule has 1 unspecified atom stereocenters. The summed E-state index contributed by atoms with van der Waals surface area (Å²) < 4.78 is 0. The van der Waals surface area contributed by atoms with Crippen LogP contribution in [0.1, 0.15) is 39.6 Å². The molecule has 1 aromatic heterocycles. The Labute approximate surface area is 120 Å². The summed E-state index contributed by atoms with van der Waals surface area (Å²) in [6.07, 6.45) is 2.81. The van der Waals surface area contributed by atoms with E-state index in [1.807, 2.05) is 18.2 Å². The van der Waals surface area contributed by atoms with Crippen molar-refractivity contribution in [3.8, 4) is 0 Å². The van der Waals surface area contributed by atoms with Gasteiger partial charge in [0.05, 0.1) is 9.80 Å². The van der Waals surface area contributed by atoms with Gasteiger partial charge in [0.15, 0.2) is 5.78 Å². The first-order valence-electron chi connectivity index (χ1n) is 6.53. The Bertz CT molecular complexity index is 677. The van der Waals surface area contributed by atoms with E-state index in [1.54, 1.807) is 6.07 Å². The molecular weight excluding hydrogens is 274 g/mol. The van der Waals surface area contributed by atoms with Crippen LogP contribution in [-0.2, 0) is 6.42 Å². The molecule has 1 atom stereocenters. The lowest BCUT2D eigenvalue weighted by Crippen LogP contribution is -2.17. The lowest BCUT2D eigenvalue weighted by molar-refractivity contribution is -0.380. The van der Waals surface area contributed by atoms with Gasteiger partial charge in [-0.15, -0.1) is 0 Å². The zero-order valence-corrected chi connectivity index (χ0v) is 11.6. The van der Waals surface area contributed by atoms with Crippen molar-refractivity contribution in [3.05, 3.63) is 62.5 Å². The number of nitro groups is 1. The van der Waals surface area contributed by atoms with Crippen LogP contribution in [0.2, 0.25) is 0 Å². The van der Waals surface area contributed by atoms with Gasteiger partial charge >= 0.3 is 5.00 Å². The van der Waals surface area contributed by atoms with Crippen molar-refractivity contribution in [1.29, 1.82) is 0 Å². The summed E-state index contributed by atoms with van der Waals surface area (Å²) in [5, 5.41) is 10.7. The van der Waals surface area contributed by atoms with Crippen LogP contribution in [0.3, 0.4) is 0 Å². The Kier molecular flexibility index (Phi) is 3.36. The van der Waals surface area contributed by atoms with Gasteiger partial charge in [-0.25, -0.2) is 0 Å². The van der Waals surface area contributed by atoms with Gasteiger partial charge < -0.3 is 0 Å². The summed E-state index contributed by atoms with van der Waals surface area (Å²) in [5.74, 6) is -0.145. The van der Waals surface area contributed by atoms with Crippen LogP contribution < -0.4 is 0 Å². The van der Waals surface area contributed by atoms with Crippen LogP contribution in [0.5, 0.6) is 0 Å². The largest absolute Gasteiger partial charge is 0.324 e. The maximum absolute atomic E-state index is 12.6. The van der Waals surface area contributed by atoms with Gasteiger partial charge in [0.1, 0.15) is 0 Å². The van der Waals surface area contributed by atoms with E-state index in [2.05, 4.69) is 6.07 Å². The van der Waals surface area contributed by atoms with E-state index in [0.717, 1.165) is 36.2 Å². The number of hydrogen-bond acceptors (Lipinski definition) is 4. The molecule has 20 heavy (non-hydrogen) atoms. The molecule has 5 heteroatoms. The van der Waals surface area contributed by atoms with Gasteiger partial charge in [-0.3, -0.25) is 14.9 Å². The van der Waals surface area contributed by atoms with Crippen molar-refractivity contribution >= 4 is 22.1 Å². The average molecular weight is 287 g/mol. The zero-order chi connectivity index (χ0) is 14.1. The first kappa shape index (κ1) is 13.0. The molecule has 0 aliphatic heterocycles. The smallest absolute Gasteiger partial charge is 0.293 e. The predicted molar refractivity (Wildman–Crippen MR) is 77.4 cm³/mol. The van der Waals surface area contributed by atoms with Crippen molar-refractivity contribution in [2.45, 2.75) is 25.2 Å². The Hall–Kier alpha value is -2.01. The van der Waals surface area contributed by atoms with E-state index >= 15 is 0 Å². The number of carbonyl (C=O) groups excluding carboxylic acids is 1. The number of Topliss-reactive ketones (excluding diaryl/α,β-unsaturated/α-hetero) is 1. The predicted octanol–water partition coefficient (Wildman–Crippen LogP) is 3.96. The van der Waals surface area contributed by atoms with E-state index in [-0.39, 0.29) is 16.7 Å². The van der Waals surface area contributed by atoms with Crippen LogP contribution in [0, 0.1) is 10.1 Å². The van der Waals surface area contributed by atoms with Crippen molar-refractivity contribution in [1.82, 2.24) is 0 Å². The normalized spacial score (nSPS) is 17.5. The van der Waals surface area contributed by atoms with Crippen molar-refractivity contribution < 1.29 is 9.72 Å². The van der Waals surface area contributed by atoms with Crippen LogP contribution in [-0.4, -0.2) is 10.7 Å². The first-order chi connectivity index (χ1) is 9.66. The second kappa shape index (κ2) is 5.17. The fraction of sp³-hybridized carbons (Fsp3) is 0.267. The molecule has 0 saturated heterocycles. The average Bonchev–Trinajstić information content (AvgIpc) is 2.96. The molecule has 1 aliphatic carbocycles. The van der Waals surface area contributed by atoms with Gasteiger partial charge in [-0.2, -0.15) is 0 Å². The fourth-order valence-electron chi connectivity index (χ4n) is 2.76. The third-order valence-corrected chi connectivity index (χ3v) is 4.75. The molecule has 0 bridgehead atoms. The summed E-state index contributed by atoms with van der Waals surface area (Å²) in [7, 11) is 0. The summed E-state index contributed by atoms with van der Waals surface area (Å²) in [6.45, 7) is 0. The first-order valence-corrected chi connectivity index (χ1v) is 7.34. The number of nitrogens with zero attached hydrogens (tertiary/aromatic N) is 1. The van der Waals surface area contributed by atoms with Gasteiger partial charge in [0, 0.05) is 12.0 Å². The number of ketones is 1. The Morgan fingerprint density at radius 1 is 1.25 bits per heavy atom. The Morgan fingerprint density at radius 3 is 2.80 bits per heavy atom. The molecule has 0 N–H and O–H groups in total. The fourth-order valence-corrected chi connectivity index (χ4v) is 3.57. The standard InChI is InChI=1S/C15H13NO3S/c17-15(13-8-9-14(20-13)16(18)19)12-7-3-5-10-4-1-2-6-11(10)12/h1-2,4,6,8-9,12H,3,5,7H2. The maximum Gasteiger partial charge on any atom is 0.324 e. The molecule has 1 heterocycles. The number of rotatable bonds is 3. The van der Waals surface area contributed by atoms with E-state index in [9.17, 15) is 14.9 Å². The monoisotopic (exact) mass is 287 g/mol. The summed E-state index contributed by atoms with van der Waals surface area (Å²) in [4.78, 5) is 23.3. The second-order valence-corrected chi connectivity index (χ2v) is 5.97. The van der Waals surface area contributed by atoms with Crippen molar-refractivity contribution in [2.24, 2.45) is 0 Å². The number of aryl methyl sites for hydroxylation is 1. The summed E-state index contributed by atoms with van der Waals surface area (Å²) >= 11 is 0.969. The molecular formula is C15H13NO3S. The quantitative estimate of drug-likeness (QED) is 0.487. The minimum atomic E-state index is -0.448. The number of fused-ring (bicyclic) bond motifs is 1. The molecule has 102 valence electrons. The minimum absolute atomic E-state index is 0.00949. The highest BCUT2D eigenvalue weighted by molar-refractivity contribution is 7.17. The molecule has 0 fully saturated rings. The third kappa shape index (κ3) is 2.25. The van der Waals surface area contributed by atoms with Gasteiger partial charge in [-0.05, 0) is 36.5 Å². The highest BCUT2D eigenvalue weighted by Crippen LogP contribution is 2.36. The highest BCUT2D eigenvalue weighted by Gasteiger charge is 2.28. The molecule has 1 aromatic carbocycles. The van der Waals surface area contributed by atoms with E-state index in [1.165, 1.54) is 11.6 Å². The molecule has 0 radical (unpaired) electrons. The van der Waals surface area contributed by atoms with Gasteiger partial charge in [0.25, 0.3) is 0 Å². The minimum Gasteiger partial charge on any atom is -0.293 e. The van der Waals surface area contributed by atoms with E-state index in [0.29, 0.717) is 4.88 Å². The molecule has 1 aliphatic rings. The van der Waals surface area contributed by atoms with E-state index < -0.39 is 4.92 Å². The second-order valence-electron chi connectivity index (χ2n) is 4.90. The number of hydrogen-bond donors (Lipinski definition) is 0. The third-order valence-electron chi connectivity index (χ3n) is 3.70. The number of thiophene rings is 1. The topological polar surface area (TPSA) is 60.2 Å². The molecule has 0 amide bonds. The molecule has 0 spiro atoms. The lowest BCUT2D eigenvalue weighted by atomic mass is 9.80. The van der Waals surface area contributed by atoms with Crippen molar-refractivity contribution in [3.63, 3.8) is 0 Å². The van der Waals surface area contributed by atoms with Crippen LogP contribution >= 0.6 is 11.3 Å². The summed E-state index contributed by atoms with van der Waals surface area (Å²) in [5.41, 5.74) is 2.31. The number of carbonyl (C=O) groups is 1. The summed E-state index contributed by atoms with van der Waals surface area (Å²) in [6, 6.07) is 11.0. The van der Waals surface area contributed by atoms with Gasteiger partial charge in [0.2, 0.25) is 0 Å². The SMILES string of the molecule is O=C(c1ccc([N+](=O)[O-])s1)C1CCCc2ccccc21. The lowest BCUT2D eigenvalue weighted by Gasteiger charge is -2.23. The molecule has 0 saturated carbocycles. The van der Waals surface area contributed by atoms with Crippen molar-refractivity contribution in [2.75, 3.05) is 0 Å². The Morgan fingerprint density at radius 2 is 2.05 bits per heavy atom. The van der Waals surface area contributed by atoms with Crippen LogP contribution in [0.15, 0.2) is 36.4 Å². The number of benzene rings is 1. The molecule has 4 nitrogen and oxygen atoms in total. The molecule has 3 rings (SSSR count).